The Labute approximate surface area is 119 Å². The lowest BCUT2D eigenvalue weighted by Crippen LogP contribution is -2.03. The predicted molar refractivity (Wildman–Crippen MR) is 81.2 cm³/mol. The molecule has 0 saturated heterocycles. The van der Waals surface area contributed by atoms with Crippen molar-refractivity contribution < 1.29 is 4.74 Å². The van der Waals surface area contributed by atoms with Crippen LogP contribution in [0.15, 0.2) is 42.5 Å². The summed E-state index contributed by atoms with van der Waals surface area (Å²) in [7, 11) is 1.65. The average molecular weight is 276 g/mol. The molecule has 0 radical (unpaired) electrons. The van der Waals surface area contributed by atoms with Gasteiger partial charge in [-0.3, -0.25) is 0 Å². The van der Waals surface area contributed by atoms with E-state index in [9.17, 15) is 0 Å². The quantitative estimate of drug-likeness (QED) is 0.866. The summed E-state index contributed by atoms with van der Waals surface area (Å²) in [5.41, 5.74) is 3.55. The first-order valence-corrected chi connectivity index (χ1v) is 6.76. The van der Waals surface area contributed by atoms with Crippen LogP contribution in [0, 0.1) is 0 Å². The zero-order valence-electron chi connectivity index (χ0n) is 11.2. The maximum Gasteiger partial charge on any atom is 0.121 e. The van der Waals surface area contributed by atoms with E-state index in [2.05, 4.69) is 36.5 Å². The summed E-state index contributed by atoms with van der Waals surface area (Å²) in [6.45, 7) is 2.92. The summed E-state index contributed by atoms with van der Waals surface area (Å²) in [5.74, 6) is 0.802. The Hall–Kier alpha value is -1.67. The molecule has 0 bridgehead atoms. The van der Waals surface area contributed by atoms with Crippen molar-refractivity contribution >= 4 is 17.3 Å². The normalized spacial score (nSPS) is 10.3. The van der Waals surface area contributed by atoms with Crippen molar-refractivity contribution in [1.82, 2.24) is 0 Å². The van der Waals surface area contributed by atoms with Crippen molar-refractivity contribution in [3.05, 3.63) is 58.6 Å². The molecule has 0 aliphatic rings. The second-order valence-electron chi connectivity index (χ2n) is 4.32. The van der Waals surface area contributed by atoms with Gasteiger partial charge in [0.05, 0.1) is 17.8 Å². The lowest BCUT2D eigenvalue weighted by Gasteiger charge is -2.12. The monoisotopic (exact) mass is 275 g/mol. The van der Waals surface area contributed by atoms with Crippen molar-refractivity contribution in [2.24, 2.45) is 0 Å². The molecule has 0 atom stereocenters. The van der Waals surface area contributed by atoms with Crippen LogP contribution in [0.1, 0.15) is 18.1 Å². The molecule has 2 aromatic carbocycles. The van der Waals surface area contributed by atoms with Gasteiger partial charge >= 0.3 is 0 Å². The highest BCUT2D eigenvalue weighted by Gasteiger charge is 2.04. The highest BCUT2D eigenvalue weighted by atomic mass is 35.5. The van der Waals surface area contributed by atoms with Crippen LogP contribution in [0.25, 0.3) is 0 Å². The molecule has 0 heterocycles. The first-order chi connectivity index (χ1) is 9.24. The molecule has 0 aliphatic heterocycles. The van der Waals surface area contributed by atoms with Gasteiger partial charge in [0.2, 0.25) is 0 Å². The van der Waals surface area contributed by atoms with Crippen LogP contribution in [0.5, 0.6) is 5.75 Å². The van der Waals surface area contributed by atoms with Gasteiger partial charge in [-0.05, 0) is 29.7 Å². The van der Waals surface area contributed by atoms with E-state index in [4.69, 9.17) is 16.3 Å². The van der Waals surface area contributed by atoms with Crippen LogP contribution < -0.4 is 10.1 Å². The Morgan fingerprint density at radius 3 is 2.53 bits per heavy atom. The van der Waals surface area contributed by atoms with Gasteiger partial charge < -0.3 is 10.1 Å². The molecule has 0 amide bonds. The molecular formula is C16H18ClNO. The lowest BCUT2D eigenvalue weighted by molar-refractivity contribution is 0.415. The summed E-state index contributed by atoms with van der Waals surface area (Å²) < 4.78 is 5.21. The summed E-state index contributed by atoms with van der Waals surface area (Å²) in [6.07, 6.45) is 1.03. The number of hydrogen-bond acceptors (Lipinski definition) is 2. The Morgan fingerprint density at radius 1 is 1.11 bits per heavy atom. The van der Waals surface area contributed by atoms with Gasteiger partial charge in [0.25, 0.3) is 0 Å². The molecule has 0 aliphatic carbocycles. The van der Waals surface area contributed by atoms with E-state index in [1.807, 2.05) is 18.2 Å². The van der Waals surface area contributed by atoms with E-state index in [0.29, 0.717) is 5.02 Å². The van der Waals surface area contributed by atoms with Crippen LogP contribution in [-0.2, 0) is 13.0 Å². The van der Waals surface area contributed by atoms with Gasteiger partial charge in [0, 0.05) is 12.6 Å². The molecule has 3 heteroatoms. The SMILES string of the molecule is CCc1ccccc1CNc1cc(OC)ccc1Cl. The second kappa shape index (κ2) is 6.48. The zero-order chi connectivity index (χ0) is 13.7. The number of halogens is 1. The number of anilines is 1. The summed E-state index contributed by atoms with van der Waals surface area (Å²) >= 11 is 6.18. The largest absolute Gasteiger partial charge is 0.497 e. The fourth-order valence-electron chi connectivity index (χ4n) is 2.03. The van der Waals surface area contributed by atoms with Gasteiger partial charge in [-0.25, -0.2) is 0 Å². The topological polar surface area (TPSA) is 21.3 Å². The summed E-state index contributed by atoms with van der Waals surface area (Å²) in [6, 6.07) is 14.0. The van der Waals surface area contributed by atoms with E-state index in [-0.39, 0.29) is 0 Å². The van der Waals surface area contributed by atoms with E-state index < -0.39 is 0 Å². The van der Waals surface area contributed by atoms with Gasteiger partial charge in [-0.1, -0.05) is 42.8 Å². The minimum absolute atomic E-state index is 0.703. The van der Waals surface area contributed by atoms with Gasteiger partial charge in [0.15, 0.2) is 0 Å². The van der Waals surface area contributed by atoms with Gasteiger partial charge in [-0.2, -0.15) is 0 Å². The number of aryl methyl sites for hydroxylation is 1. The Balaban J connectivity index is 2.14. The van der Waals surface area contributed by atoms with Crippen molar-refractivity contribution in [3.63, 3.8) is 0 Å². The van der Waals surface area contributed by atoms with Crippen LogP contribution in [0.4, 0.5) is 5.69 Å². The molecule has 1 N–H and O–H groups in total. The molecule has 0 aromatic heterocycles. The number of ether oxygens (including phenoxy) is 1. The lowest BCUT2D eigenvalue weighted by atomic mass is 10.1. The van der Waals surface area contributed by atoms with Crippen molar-refractivity contribution in [1.29, 1.82) is 0 Å². The predicted octanol–water partition coefficient (Wildman–Crippen LogP) is 4.52. The molecule has 0 fully saturated rings. The fraction of sp³-hybridized carbons (Fsp3) is 0.250. The van der Waals surface area contributed by atoms with Crippen LogP contribution >= 0.6 is 11.6 Å². The standard InChI is InChI=1S/C16H18ClNO/c1-3-12-6-4-5-7-13(12)11-18-16-10-14(19-2)8-9-15(16)17/h4-10,18H,3,11H2,1-2H3. The Kier molecular flexibility index (Phi) is 4.69. The molecule has 0 saturated carbocycles. The first-order valence-electron chi connectivity index (χ1n) is 6.38. The molecule has 0 spiro atoms. The van der Waals surface area contributed by atoms with Gasteiger partial charge in [-0.15, -0.1) is 0 Å². The number of benzene rings is 2. The van der Waals surface area contributed by atoms with E-state index >= 15 is 0 Å². The number of methoxy groups -OCH3 is 1. The Morgan fingerprint density at radius 2 is 1.84 bits per heavy atom. The molecule has 2 rings (SSSR count). The van der Waals surface area contributed by atoms with Crippen LogP contribution in [0.2, 0.25) is 5.02 Å². The number of rotatable bonds is 5. The third kappa shape index (κ3) is 3.42. The minimum Gasteiger partial charge on any atom is -0.497 e. The molecule has 0 unspecified atom stereocenters. The second-order valence-corrected chi connectivity index (χ2v) is 4.73. The average Bonchev–Trinajstić information content (AvgIpc) is 2.46. The fourth-order valence-corrected chi connectivity index (χ4v) is 2.22. The Bertz CT molecular complexity index is 554. The summed E-state index contributed by atoms with van der Waals surface area (Å²) in [4.78, 5) is 0. The minimum atomic E-state index is 0.703. The zero-order valence-corrected chi connectivity index (χ0v) is 12.0. The molecule has 2 aromatic rings. The first kappa shape index (κ1) is 13.8. The van der Waals surface area contributed by atoms with Crippen molar-refractivity contribution in [3.8, 4) is 5.75 Å². The van der Waals surface area contributed by atoms with Crippen LogP contribution in [0.3, 0.4) is 0 Å². The van der Waals surface area contributed by atoms with E-state index in [1.165, 1.54) is 11.1 Å². The smallest absolute Gasteiger partial charge is 0.121 e. The van der Waals surface area contributed by atoms with Crippen LogP contribution in [-0.4, -0.2) is 7.11 Å². The summed E-state index contributed by atoms with van der Waals surface area (Å²) in [5, 5.41) is 4.07. The highest BCUT2D eigenvalue weighted by Crippen LogP contribution is 2.27. The molecule has 19 heavy (non-hydrogen) atoms. The molecular weight excluding hydrogens is 258 g/mol. The molecule has 100 valence electrons. The molecule has 2 nitrogen and oxygen atoms in total. The van der Waals surface area contributed by atoms with E-state index in [0.717, 1.165) is 24.4 Å². The number of hydrogen-bond donors (Lipinski definition) is 1. The van der Waals surface area contributed by atoms with Crippen molar-refractivity contribution in [2.45, 2.75) is 19.9 Å². The van der Waals surface area contributed by atoms with Gasteiger partial charge in [0.1, 0.15) is 5.75 Å². The maximum absolute atomic E-state index is 6.18. The third-order valence-electron chi connectivity index (χ3n) is 3.14. The third-order valence-corrected chi connectivity index (χ3v) is 3.47. The van der Waals surface area contributed by atoms with E-state index in [1.54, 1.807) is 7.11 Å². The maximum atomic E-state index is 6.18. The van der Waals surface area contributed by atoms with Crippen molar-refractivity contribution in [2.75, 3.05) is 12.4 Å². The number of nitrogens with one attached hydrogen (secondary N) is 1. The highest BCUT2D eigenvalue weighted by molar-refractivity contribution is 6.33.